The van der Waals surface area contributed by atoms with Gasteiger partial charge in [-0.2, -0.15) is 0 Å². The molecule has 460 valence electrons. The first-order chi connectivity index (χ1) is 38.4. The van der Waals surface area contributed by atoms with E-state index < -0.39 is 71.9 Å². The molecule has 0 amide bonds. The average molecular weight is 1140 g/mol. The summed E-state index contributed by atoms with van der Waals surface area (Å²) in [5.74, 6) is 0.111. The van der Waals surface area contributed by atoms with Crippen LogP contribution in [0.4, 0.5) is 0 Å². The lowest BCUT2D eigenvalue weighted by atomic mass is 9.70. The maximum absolute atomic E-state index is 12.5. The van der Waals surface area contributed by atoms with E-state index in [-0.39, 0.29) is 103 Å². The fourth-order valence-corrected chi connectivity index (χ4v) is 12.5. The SMILES string of the molecule is CCOC(=O)CC(NC1CCC(CC2CCC(NC(CC(=O)OCC)C(=O)OCC)C(C)C2)CC1C)C(=O)OCC.CCOC(=O)CC(NC1CCC(CC2CCC(NC(CC(=O)OCC)C(=O)OCC)CC2)CC1)C(=O)OCC. The summed E-state index contributed by atoms with van der Waals surface area (Å²) in [5, 5.41) is 13.6. The Kier molecular flexibility index (Phi) is 34.2. The Labute approximate surface area is 478 Å². The molecule has 0 spiro atoms. The van der Waals surface area contributed by atoms with Gasteiger partial charge >= 0.3 is 47.8 Å². The molecular formula is C60H104N4O16. The zero-order chi connectivity index (χ0) is 59.0. The highest BCUT2D eigenvalue weighted by Crippen LogP contribution is 2.40. The second kappa shape index (κ2) is 39.1. The van der Waals surface area contributed by atoms with E-state index in [4.69, 9.17) is 37.9 Å². The van der Waals surface area contributed by atoms with E-state index >= 15 is 0 Å². The third-order valence-corrected chi connectivity index (χ3v) is 16.3. The summed E-state index contributed by atoms with van der Waals surface area (Å²) in [7, 11) is 0. The lowest BCUT2D eigenvalue weighted by Crippen LogP contribution is -2.50. The van der Waals surface area contributed by atoms with Gasteiger partial charge in [0.2, 0.25) is 0 Å². The van der Waals surface area contributed by atoms with Crippen LogP contribution < -0.4 is 21.3 Å². The third kappa shape index (κ3) is 26.2. The fraction of sp³-hybridized carbons (Fsp3) is 0.867. The number of nitrogens with one attached hydrogen (secondary N) is 4. The van der Waals surface area contributed by atoms with Crippen molar-refractivity contribution in [3.8, 4) is 0 Å². The molecule has 4 N–H and O–H groups in total. The zero-order valence-corrected chi connectivity index (χ0v) is 50.4. The lowest BCUT2D eigenvalue weighted by Gasteiger charge is -2.40. The summed E-state index contributed by atoms with van der Waals surface area (Å²) in [6, 6.07) is -2.06. The van der Waals surface area contributed by atoms with Crippen LogP contribution in [0.3, 0.4) is 0 Å². The molecule has 4 aliphatic rings. The average Bonchev–Trinajstić information content (AvgIpc) is 3.41. The van der Waals surface area contributed by atoms with Gasteiger partial charge in [-0.1, -0.05) is 13.8 Å². The maximum Gasteiger partial charge on any atom is 0.323 e. The zero-order valence-electron chi connectivity index (χ0n) is 50.4. The van der Waals surface area contributed by atoms with Crippen LogP contribution in [0.1, 0.15) is 198 Å². The van der Waals surface area contributed by atoms with Gasteiger partial charge in [-0.05, 0) is 194 Å². The first-order valence-electron chi connectivity index (χ1n) is 30.7. The molecule has 0 aromatic carbocycles. The van der Waals surface area contributed by atoms with Crippen LogP contribution >= 0.6 is 0 Å². The predicted octanol–water partition coefficient (Wildman–Crippen LogP) is 7.38. The summed E-state index contributed by atoms with van der Waals surface area (Å²) in [6.45, 7) is 20.7. The minimum absolute atomic E-state index is 0.0132. The number of carbonyl (C=O) groups excluding carboxylic acids is 8. The van der Waals surface area contributed by atoms with Gasteiger partial charge in [-0.15, -0.1) is 0 Å². The summed E-state index contributed by atoms with van der Waals surface area (Å²) < 4.78 is 41.0. The van der Waals surface area contributed by atoms with Crippen molar-refractivity contribution in [2.75, 3.05) is 52.9 Å². The van der Waals surface area contributed by atoms with Crippen molar-refractivity contribution in [1.29, 1.82) is 0 Å². The first-order valence-corrected chi connectivity index (χ1v) is 30.7. The molecule has 4 saturated carbocycles. The summed E-state index contributed by atoms with van der Waals surface area (Å²) in [5.41, 5.74) is 0. The first kappa shape index (κ1) is 69.9. The van der Waals surface area contributed by atoms with Gasteiger partial charge in [-0.3, -0.25) is 38.4 Å². The smallest absolute Gasteiger partial charge is 0.323 e. The Bertz CT molecular complexity index is 1730. The van der Waals surface area contributed by atoms with E-state index in [1.807, 2.05) is 0 Å². The maximum atomic E-state index is 12.5. The van der Waals surface area contributed by atoms with E-state index in [1.54, 1.807) is 55.4 Å². The highest BCUT2D eigenvalue weighted by molar-refractivity contribution is 5.84. The predicted molar refractivity (Wildman–Crippen MR) is 301 cm³/mol. The standard InChI is InChI=1S/C31H54N2O8.C29H50N2O8/c1-7-38-28(34)18-26(30(36)40-9-3)32-24-13-11-22(15-20(24)5)17-23-12-14-25(21(6)16-23)33-27(31(37)41-10-4)19-29(35)39-8-2;1-5-36-26(32)18-24(28(34)38-7-3)30-22-13-9-20(10-14-22)17-21-11-15-23(16-12-21)31-25(29(35)39-8-4)19-27(33)37-6-2/h20-27,32-33H,7-19H2,1-6H3;20-25,30-31H,5-19H2,1-4H3. The molecule has 80 heavy (non-hydrogen) atoms. The minimum atomic E-state index is -0.691. The van der Waals surface area contributed by atoms with Crippen molar-refractivity contribution >= 4 is 47.8 Å². The van der Waals surface area contributed by atoms with E-state index in [1.165, 1.54) is 12.8 Å². The van der Waals surface area contributed by atoms with Crippen molar-refractivity contribution in [2.45, 2.75) is 246 Å². The van der Waals surface area contributed by atoms with Gasteiger partial charge in [0.25, 0.3) is 0 Å². The van der Waals surface area contributed by atoms with Crippen LogP contribution in [0, 0.1) is 35.5 Å². The normalized spacial score (nSPS) is 26.3. The van der Waals surface area contributed by atoms with Crippen molar-refractivity contribution < 1.29 is 76.3 Å². The molecule has 0 heterocycles. The molecule has 4 aliphatic carbocycles. The molecule has 0 radical (unpaired) electrons. The van der Waals surface area contributed by atoms with Gasteiger partial charge in [0.05, 0.1) is 78.5 Å². The largest absolute Gasteiger partial charge is 0.466 e. The van der Waals surface area contributed by atoms with Crippen molar-refractivity contribution in [3.05, 3.63) is 0 Å². The quantitative estimate of drug-likeness (QED) is 0.0378. The second-order valence-electron chi connectivity index (χ2n) is 22.4. The van der Waals surface area contributed by atoms with Crippen molar-refractivity contribution in [1.82, 2.24) is 21.3 Å². The van der Waals surface area contributed by atoms with E-state index in [2.05, 4.69) is 35.1 Å². The monoisotopic (exact) mass is 1140 g/mol. The summed E-state index contributed by atoms with van der Waals surface area (Å²) in [6.07, 6.45) is 16.7. The highest BCUT2D eigenvalue weighted by Gasteiger charge is 2.38. The molecule has 0 bridgehead atoms. The Morgan fingerprint density at radius 3 is 0.812 bits per heavy atom. The Hall–Kier alpha value is -4.40. The summed E-state index contributed by atoms with van der Waals surface area (Å²) in [4.78, 5) is 97.9. The molecule has 20 nitrogen and oxygen atoms in total. The molecule has 0 saturated heterocycles. The number of rotatable bonds is 32. The Morgan fingerprint density at radius 2 is 0.562 bits per heavy atom. The van der Waals surface area contributed by atoms with Crippen LogP contribution in [0.5, 0.6) is 0 Å². The molecule has 0 aromatic heterocycles. The Morgan fingerprint density at radius 1 is 0.325 bits per heavy atom. The van der Waals surface area contributed by atoms with Crippen molar-refractivity contribution in [2.24, 2.45) is 35.5 Å². The van der Waals surface area contributed by atoms with E-state index in [0.29, 0.717) is 35.5 Å². The Balaban J connectivity index is 0.000000421. The lowest BCUT2D eigenvalue weighted by molar-refractivity contribution is -0.152. The topological polar surface area (TPSA) is 259 Å². The third-order valence-electron chi connectivity index (χ3n) is 16.3. The van der Waals surface area contributed by atoms with Crippen LogP contribution in [0.2, 0.25) is 0 Å². The molecule has 10 unspecified atom stereocenters. The minimum Gasteiger partial charge on any atom is -0.466 e. The molecule has 20 heteroatoms. The van der Waals surface area contributed by atoms with Crippen LogP contribution in [0.25, 0.3) is 0 Å². The van der Waals surface area contributed by atoms with E-state index in [9.17, 15) is 38.4 Å². The van der Waals surface area contributed by atoms with Crippen LogP contribution in [-0.4, -0.2) is 149 Å². The fourth-order valence-electron chi connectivity index (χ4n) is 12.5. The second-order valence-corrected chi connectivity index (χ2v) is 22.4. The molecule has 0 aliphatic heterocycles. The number of carbonyl (C=O) groups is 8. The number of esters is 8. The molecule has 10 atom stereocenters. The highest BCUT2D eigenvalue weighted by atomic mass is 16.6. The number of ether oxygens (including phenoxy) is 8. The number of hydrogen-bond donors (Lipinski definition) is 4. The van der Waals surface area contributed by atoms with Gasteiger partial charge in [0.15, 0.2) is 0 Å². The van der Waals surface area contributed by atoms with Gasteiger partial charge in [-0.25, -0.2) is 0 Å². The van der Waals surface area contributed by atoms with Crippen molar-refractivity contribution in [3.63, 3.8) is 0 Å². The van der Waals surface area contributed by atoms with Gasteiger partial charge in [0.1, 0.15) is 24.2 Å². The summed E-state index contributed by atoms with van der Waals surface area (Å²) >= 11 is 0. The molecule has 4 fully saturated rings. The molecular weight excluding hydrogens is 1030 g/mol. The number of hydrogen-bond acceptors (Lipinski definition) is 20. The van der Waals surface area contributed by atoms with Gasteiger partial charge in [0, 0.05) is 24.2 Å². The molecule has 0 aromatic rings. The van der Waals surface area contributed by atoms with Gasteiger partial charge < -0.3 is 59.2 Å². The van der Waals surface area contributed by atoms with Crippen LogP contribution in [-0.2, 0) is 76.3 Å². The van der Waals surface area contributed by atoms with Crippen LogP contribution in [0.15, 0.2) is 0 Å². The van der Waals surface area contributed by atoms with E-state index in [0.717, 1.165) is 89.9 Å². The molecule has 4 rings (SSSR count).